The van der Waals surface area contributed by atoms with E-state index < -0.39 is 0 Å². The van der Waals surface area contributed by atoms with Gasteiger partial charge in [0.05, 0.1) is 12.0 Å². The Morgan fingerprint density at radius 3 is 2.58 bits per heavy atom. The van der Waals surface area contributed by atoms with Crippen molar-refractivity contribution in [3.8, 4) is 5.75 Å². The molecule has 0 unspecified atom stereocenters. The lowest BCUT2D eigenvalue weighted by molar-refractivity contribution is 0.0735. The molecular formula is C20H19NO2S. The second kappa shape index (κ2) is 6.29. The number of nitrogens with zero attached hydrogens (tertiary/aromatic N) is 1. The predicted molar refractivity (Wildman–Crippen MR) is 97.7 cm³/mol. The highest BCUT2D eigenvalue weighted by molar-refractivity contribution is 7.20. The van der Waals surface area contributed by atoms with Gasteiger partial charge in [0.1, 0.15) is 5.75 Å². The van der Waals surface area contributed by atoms with Crippen molar-refractivity contribution < 1.29 is 9.53 Å². The van der Waals surface area contributed by atoms with Crippen LogP contribution in [0, 0.1) is 0 Å². The first-order valence-corrected chi connectivity index (χ1v) is 8.99. The summed E-state index contributed by atoms with van der Waals surface area (Å²) in [4.78, 5) is 15.9. The van der Waals surface area contributed by atoms with Crippen LogP contribution in [0.2, 0.25) is 0 Å². The lowest BCUT2D eigenvalue weighted by atomic mass is 10.2. The lowest BCUT2D eigenvalue weighted by Crippen LogP contribution is -2.32. The van der Waals surface area contributed by atoms with Crippen molar-refractivity contribution in [2.45, 2.75) is 25.4 Å². The number of carbonyl (C=O) groups is 1. The molecule has 1 aromatic heterocycles. The van der Waals surface area contributed by atoms with E-state index >= 15 is 0 Å². The zero-order valence-corrected chi connectivity index (χ0v) is 14.4. The van der Waals surface area contributed by atoms with Gasteiger partial charge < -0.3 is 9.64 Å². The summed E-state index contributed by atoms with van der Waals surface area (Å²) in [6.07, 6.45) is 2.21. The number of benzene rings is 2. The van der Waals surface area contributed by atoms with Crippen molar-refractivity contribution in [2.24, 2.45) is 0 Å². The molecule has 4 heteroatoms. The molecular weight excluding hydrogens is 318 g/mol. The van der Waals surface area contributed by atoms with Crippen molar-refractivity contribution in [2.75, 3.05) is 7.11 Å². The maximum atomic E-state index is 13.0. The monoisotopic (exact) mass is 337 g/mol. The molecule has 1 amide bonds. The summed E-state index contributed by atoms with van der Waals surface area (Å²) in [5, 5.41) is 1.14. The summed E-state index contributed by atoms with van der Waals surface area (Å²) in [6, 6.07) is 18.5. The van der Waals surface area contributed by atoms with Gasteiger partial charge in [0, 0.05) is 17.3 Å². The molecule has 4 rings (SSSR count). The Bertz CT molecular complexity index is 832. The van der Waals surface area contributed by atoms with Crippen LogP contribution < -0.4 is 4.74 Å². The number of amides is 1. The molecule has 0 N–H and O–H groups in total. The van der Waals surface area contributed by atoms with E-state index in [0.717, 1.165) is 34.4 Å². The molecule has 0 radical (unpaired) electrons. The molecule has 3 aromatic rings. The third-order valence-electron chi connectivity index (χ3n) is 4.40. The number of fused-ring (bicyclic) bond motifs is 1. The van der Waals surface area contributed by atoms with Crippen LogP contribution in [-0.4, -0.2) is 24.0 Å². The summed E-state index contributed by atoms with van der Waals surface area (Å²) in [5.41, 5.74) is 1.14. The highest BCUT2D eigenvalue weighted by Gasteiger charge is 2.33. The Morgan fingerprint density at radius 1 is 1.17 bits per heavy atom. The Hall–Kier alpha value is -2.33. The number of ether oxygens (including phenoxy) is 1. The van der Waals surface area contributed by atoms with Crippen molar-refractivity contribution in [3.05, 3.63) is 65.0 Å². The number of hydrogen-bond acceptors (Lipinski definition) is 3. The number of hydrogen-bond donors (Lipinski definition) is 0. The largest absolute Gasteiger partial charge is 0.497 e. The zero-order chi connectivity index (χ0) is 16.5. The van der Waals surface area contributed by atoms with Crippen LogP contribution in [0.15, 0.2) is 54.6 Å². The van der Waals surface area contributed by atoms with E-state index in [9.17, 15) is 4.79 Å². The van der Waals surface area contributed by atoms with Gasteiger partial charge in [-0.1, -0.05) is 30.3 Å². The van der Waals surface area contributed by atoms with Crippen LogP contribution in [0.25, 0.3) is 10.1 Å². The van der Waals surface area contributed by atoms with Crippen LogP contribution in [0.5, 0.6) is 5.75 Å². The molecule has 1 aliphatic carbocycles. The van der Waals surface area contributed by atoms with Gasteiger partial charge >= 0.3 is 0 Å². The van der Waals surface area contributed by atoms with E-state index in [2.05, 4.69) is 12.1 Å². The zero-order valence-electron chi connectivity index (χ0n) is 13.6. The molecule has 1 heterocycles. The fraction of sp³-hybridized carbons (Fsp3) is 0.250. The molecule has 1 fully saturated rings. The first-order valence-electron chi connectivity index (χ1n) is 8.17. The van der Waals surface area contributed by atoms with Crippen molar-refractivity contribution in [3.63, 3.8) is 0 Å². The van der Waals surface area contributed by atoms with E-state index in [1.807, 2.05) is 47.4 Å². The molecule has 0 aliphatic heterocycles. The van der Waals surface area contributed by atoms with E-state index in [0.29, 0.717) is 12.6 Å². The smallest absolute Gasteiger partial charge is 0.264 e. The second-order valence-corrected chi connectivity index (χ2v) is 7.24. The van der Waals surface area contributed by atoms with Crippen molar-refractivity contribution >= 4 is 27.3 Å². The van der Waals surface area contributed by atoms with E-state index in [-0.39, 0.29) is 5.91 Å². The molecule has 3 nitrogen and oxygen atoms in total. The van der Waals surface area contributed by atoms with Gasteiger partial charge in [-0.15, -0.1) is 11.3 Å². The first-order chi connectivity index (χ1) is 11.7. The maximum Gasteiger partial charge on any atom is 0.264 e. The van der Waals surface area contributed by atoms with E-state index in [1.54, 1.807) is 18.4 Å². The lowest BCUT2D eigenvalue weighted by Gasteiger charge is -2.22. The standard InChI is InChI=1S/C20H19NO2S/c1-23-17-10-6-14(7-11-17)13-21(16-8-9-16)20(22)19-12-15-4-2-3-5-18(15)24-19/h2-7,10-12,16H,8-9,13H2,1H3. The topological polar surface area (TPSA) is 29.5 Å². The Balaban J connectivity index is 1.58. The van der Waals surface area contributed by atoms with E-state index in [4.69, 9.17) is 4.74 Å². The minimum absolute atomic E-state index is 0.148. The summed E-state index contributed by atoms with van der Waals surface area (Å²) >= 11 is 1.58. The average Bonchev–Trinajstić information content (AvgIpc) is 3.37. The summed E-state index contributed by atoms with van der Waals surface area (Å²) in [7, 11) is 1.66. The number of methoxy groups -OCH3 is 1. The summed E-state index contributed by atoms with van der Waals surface area (Å²) in [5.74, 6) is 0.988. The molecule has 122 valence electrons. The van der Waals surface area contributed by atoms with Crippen LogP contribution in [0.1, 0.15) is 28.1 Å². The van der Waals surface area contributed by atoms with Crippen LogP contribution in [0.3, 0.4) is 0 Å². The first kappa shape index (κ1) is 15.2. The number of rotatable bonds is 5. The Morgan fingerprint density at radius 2 is 1.92 bits per heavy atom. The van der Waals surface area contributed by atoms with Gasteiger partial charge in [-0.2, -0.15) is 0 Å². The van der Waals surface area contributed by atoms with Crippen LogP contribution in [0.4, 0.5) is 0 Å². The SMILES string of the molecule is COc1ccc(CN(C(=O)c2cc3ccccc3s2)C2CC2)cc1. The third-order valence-corrected chi connectivity index (χ3v) is 5.50. The minimum Gasteiger partial charge on any atom is -0.497 e. The molecule has 24 heavy (non-hydrogen) atoms. The molecule has 0 bridgehead atoms. The van der Waals surface area contributed by atoms with Gasteiger partial charge in [0.2, 0.25) is 0 Å². The Labute approximate surface area is 145 Å². The number of thiophene rings is 1. The van der Waals surface area contributed by atoms with Crippen LogP contribution in [-0.2, 0) is 6.54 Å². The molecule has 0 spiro atoms. The average molecular weight is 337 g/mol. The molecule has 1 saturated carbocycles. The predicted octanol–water partition coefficient (Wildman–Crippen LogP) is 4.71. The van der Waals surface area contributed by atoms with Crippen LogP contribution >= 0.6 is 11.3 Å². The van der Waals surface area contributed by atoms with Gasteiger partial charge in [0.15, 0.2) is 0 Å². The fourth-order valence-electron chi connectivity index (χ4n) is 2.91. The molecule has 2 aromatic carbocycles. The molecule has 0 atom stereocenters. The van der Waals surface area contributed by atoms with Gasteiger partial charge in [-0.3, -0.25) is 4.79 Å². The second-order valence-electron chi connectivity index (χ2n) is 6.16. The molecule has 0 saturated heterocycles. The van der Waals surface area contributed by atoms with Gasteiger partial charge in [0.25, 0.3) is 5.91 Å². The fourth-order valence-corrected chi connectivity index (χ4v) is 3.93. The summed E-state index contributed by atoms with van der Waals surface area (Å²) in [6.45, 7) is 0.655. The molecule has 1 aliphatic rings. The summed E-state index contributed by atoms with van der Waals surface area (Å²) < 4.78 is 6.37. The maximum absolute atomic E-state index is 13.0. The highest BCUT2D eigenvalue weighted by Crippen LogP contribution is 2.33. The van der Waals surface area contributed by atoms with Crippen molar-refractivity contribution in [1.29, 1.82) is 0 Å². The normalized spacial score (nSPS) is 13.9. The Kier molecular flexibility index (Phi) is 3.98. The third kappa shape index (κ3) is 3.02. The highest BCUT2D eigenvalue weighted by atomic mass is 32.1. The van der Waals surface area contributed by atoms with Crippen molar-refractivity contribution in [1.82, 2.24) is 4.90 Å². The van der Waals surface area contributed by atoms with Gasteiger partial charge in [-0.25, -0.2) is 0 Å². The van der Waals surface area contributed by atoms with E-state index in [1.165, 1.54) is 4.70 Å². The van der Waals surface area contributed by atoms with Gasteiger partial charge in [-0.05, 0) is 48.1 Å². The minimum atomic E-state index is 0.148. The quantitative estimate of drug-likeness (QED) is 0.674. The number of carbonyl (C=O) groups excluding carboxylic acids is 1.